The van der Waals surface area contributed by atoms with Gasteiger partial charge >= 0.3 is 0 Å². The second-order valence-corrected chi connectivity index (χ2v) is 8.27. The lowest BCUT2D eigenvalue weighted by atomic mass is 10.1. The summed E-state index contributed by atoms with van der Waals surface area (Å²) in [5.41, 5.74) is 1.21. The van der Waals surface area contributed by atoms with Crippen LogP contribution in [-0.2, 0) is 23.5 Å². The predicted octanol–water partition coefficient (Wildman–Crippen LogP) is 4.21. The van der Waals surface area contributed by atoms with Crippen LogP contribution in [0.3, 0.4) is 0 Å². The van der Waals surface area contributed by atoms with Gasteiger partial charge in [-0.3, -0.25) is 4.79 Å². The van der Waals surface area contributed by atoms with Gasteiger partial charge < -0.3 is 9.88 Å². The number of thioether (sulfide) groups is 2. The Labute approximate surface area is 180 Å². The van der Waals surface area contributed by atoms with Gasteiger partial charge in [0.25, 0.3) is 0 Å². The molecule has 0 atom stereocenters. The first kappa shape index (κ1) is 21.2. The lowest BCUT2D eigenvalue weighted by Crippen LogP contribution is -2.27. The van der Waals surface area contributed by atoms with Crippen LogP contribution in [0.1, 0.15) is 11.4 Å². The number of benzene rings is 2. The normalized spacial score (nSPS) is 10.6. The molecule has 0 fully saturated rings. The summed E-state index contributed by atoms with van der Waals surface area (Å²) >= 11 is 3.12. The predicted molar refractivity (Wildman–Crippen MR) is 120 cm³/mol. The molecule has 0 radical (unpaired) electrons. The van der Waals surface area contributed by atoms with Crippen molar-refractivity contribution >= 4 is 29.4 Å². The summed E-state index contributed by atoms with van der Waals surface area (Å²) in [6, 6.07) is 20.3. The van der Waals surface area contributed by atoms with E-state index in [1.54, 1.807) is 11.8 Å². The number of carbonyl (C=O) groups excluding carboxylic acids is 1. The molecule has 0 spiro atoms. The van der Waals surface area contributed by atoms with Crippen LogP contribution in [0.2, 0.25) is 0 Å². The minimum atomic E-state index is -0.000653. The van der Waals surface area contributed by atoms with Gasteiger partial charge in [0, 0.05) is 18.0 Å². The molecule has 0 aliphatic carbocycles. The Morgan fingerprint density at radius 3 is 2.48 bits per heavy atom. The van der Waals surface area contributed by atoms with Crippen molar-refractivity contribution in [3.05, 3.63) is 84.7 Å². The van der Waals surface area contributed by atoms with Gasteiger partial charge in [0.2, 0.25) is 5.91 Å². The molecule has 5 nitrogen and oxygen atoms in total. The Hall–Kier alpha value is -2.51. The van der Waals surface area contributed by atoms with Crippen LogP contribution < -0.4 is 5.32 Å². The van der Waals surface area contributed by atoms with Crippen molar-refractivity contribution in [1.29, 1.82) is 0 Å². The van der Waals surface area contributed by atoms with E-state index in [0.29, 0.717) is 24.6 Å². The summed E-state index contributed by atoms with van der Waals surface area (Å²) in [6.45, 7) is 5.08. The second kappa shape index (κ2) is 11.5. The monoisotopic (exact) mass is 424 g/mol. The van der Waals surface area contributed by atoms with Gasteiger partial charge in [-0.05, 0) is 24.1 Å². The number of amides is 1. The molecule has 0 saturated heterocycles. The van der Waals surface area contributed by atoms with E-state index >= 15 is 0 Å². The molecule has 0 bridgehead atoms. The number of nitrogens with zero attached hydrogens (tertiary/aromatic N) is 3. The van der Waals surface area contributed by atoms with Gasteiger partial charge in [-0.2, -0.15) is 0 Å². The number of rotatable bonds is 11. The largest absolute Gasteiger partial charge is 0.355 e. The summed E-state index contributed by atoms with van der Waals surface area (Å²) < 4.78 is 2.02. The Balaban J connectivity index is 1.49. The molecule has 29 heavy (non-hydrogen) atoms. The molecule has 3 aromatic rings. The molecule has 0 saturated carbocycles. The van der Waals surface area contributed by atoms with Crippen LogP contribution in [0.25, 0.3) is 0 Å². The van der Waals surface area contributed by atoms with Gasteiger partial charge in [-0.1, -0.05) is 66.4 Å². The second-order valence-electron chi connectivity index (χ2n) is 6.27. The average molecular weight is 425 g/mol. The summed E-state index contributed by atoms with van der Waals surface area (Å²) in [7, 11) is 0. The molecule has 1 heterocycles. The van der Waals surface area contributed by atoms with E-state index in [9.17, 15) is 4.79 Å². The molecule has 150 valence electrons. The molecule has 3 rings (SSSR count). The standard InChI is InChI=1S/C22H24N4OS2/c1-2-15-26-20(16-28-19-11-7-4-8-12-19)24-25-22(26)29-17-21(27)23-14-13-18-9-5-3-6-10-18/h2-12H,1,13-17H2,(H,23,27). The van der Waals surface area contributed by atoms with Gasteiger partial charge in [-0.25, -0.2) is 0 Å². The maximum Gasteiger partial charge on any atom is 0.230 e. The average Bonchev–Trinajstić information content (AvgIpc) is 3.14. The van der Waals surface area contributed by atoms with Crippen molar-refractivity contribution in [2.75, 3.05) is 12.3 Å². The Bertz CT molecular complexity index is 913. The smallest absolute Gasteiger partial charge is 0.230 e. The van der Waals surface area contributed by atoms with Crippen molar-refractivity contribution in [3.63, 3.8) is 0 Å². The molecule has 7 heteroatoms. The summed E-state index contributed by atoms with van der Waals surface area (Å²) in [6.07, 6.45) is 2.65. The quantitative estimate of drug-likeness (QED) is 0.369. The SMILES string of the molecule is C=CCn1c(CSc2ccccc2)nnc1SCC(=O)NCCc1ccccc1. The Morgan fingerprint density at radius 1 is 1.03 bits per heavy atom. The van der Waals surface area contributed by atoms with E-state index in [2.05, 4.69) is 46.4 Å². The highest BCUT2D eigenvalue weighted by atomic mass is 32.2. The lowest BCUT2D eigenvalue weighted by Gasteiger charge is -2.08. The van der Waals surface area contributed by atoms with E-state index in [-0.39, 0.29) is 5.91 Å². The van der Waals surface area contributed by atoms with Gasteiger partial charge in [0.05, 0.1) is 11.5 Å². The molecule has 1 amide bonds. The molecule has 0 aliphatic heterocycles. The van der Waals surface area contributed by atoms with E-state index in [0.717, 1.165) is 17.4 Å². The summed E-state index contributed by atoms with van der Waals surface area (Å²) in [5, 5.41) is 12.3. The third-order valence-corrected chi connectivity index (χ3v) is 6.10. The van der Waals surface area contributed by atoms with Crippen LogP contribution >= 0.6 is 23.5 Å². The number of aromatic nitrogens is 3. The van der Waals surface area contributed by atoms with Crippen molar-refractivity contribution in [2.24, 2.45) is 0 Å². The number of nitrogens with one attached hydrogen (secondary N) is 1. The third kappa shape index (κ3) is 6.80. The topological polar surface area (TPSA) is 59.8 Å². The van der Waals surface area contributed by atoms with Crippen LogP contribution in [0, 0.1) is 0 Å². The zero-order valence-corrected chi connectivity index (χ0v) is 17.8. The third-order valence-electron chi connectivity index (χ3n) is 4.13. The number of allylic oxidation sites excluding steroid dienone is 1. The van der Waals surface area contributed by atoms with E-state index in [1.165, 1.54) is 22.2 Å². The minimum absolute atomic E-state index is 0.000653. The van der Waals surface area contributed by atoms with Gasteiger partial charge in [-0.15, -0.1) is 28.5 Å². The van der Waals surface area contributed by atoms with Crippen molar-refractivity contribution in [3.8, 4) is 0 Å². The van der Waals surface area contributed by atoms with Gasteiger partial charge in [0.1, 0.15) is 5.82 Å². The molecule has 0 aliphatic rings. The highest BCUT2D eigenvalue weighted by Gasteiger charge is 2.13. The molecule has 1 N–H and O–H groups in total. The molecule has 2 aromatic carbocycles. The fourth-order valence-corrected chi connectivity index (χ4v) is 4.34. The number of hydrogen-bond acceptors (Lipinski definition) is 5. The first-order valence-electron chi connectivity index (χ1n) is 9.40. The van der Waals surface area contributed by atoms with E-state index < -0.39 is 0 Å². The van der Waals surface area contributed by atoms with Crippen molar-refractivity contribution < 1.29 is 4.79 Å². The Morgan fingerprint density at radius 2 is 1.76 bits per heavy atom. The minimum Gasteiger partial charge on any atom is -0.355 e. The number of carbonyl (C=O) groups is 1. The summed E-state index contributed by atoms with van der Waals surface area (Å²) in [4.78, 5) is 13.4. The zero-order chi connectivity index (χ0) is 20.3. The fraction of sp³-hybridized carbons (Fsp3) is 0.227. The van der Waals surface area contributed by atoms with Crippen LogP contribution in [-0.4, -0.2) is 33.0 Å². The highest BCUT2D eigenvalue weighted by molar-refractivity contribution is 7.99. The van der Waals surface area contributed by atoms with Crippen molar-refractivity contribution in [1.82, 2.24) is 20.1 Å². The maximum atomic E-state index is 12.2. The Kier molecular flexibility index (Phi) is 8.40. The van der Waals surface area contributed by atoms with Crippen LogP contribution in [0.15, 0.2) is 83.4 Å². The van der Waals surface area contributed by atoms with Gasteiger partial charge in [0.15, 0.2) is 5.16 Å². The molecule has 1 aromatic heterocycles. The van der Waals surface area contributed by atoms with Crippen LogP contribution in [0.4, 0.5) is 0 Å². The van der Waals surface area contributed by atoms with E-state index in [4.69, 9.17) is 0 Å². The first-order chi connectivity index (χ1) is 14.3. The first-order valence-corrected chi connectivity index (χ1v) is 11.4. The highest BCUT2D eigenvalue weighted by Crippen LogP contribution is 2.24. The molecule has 0 unspecified atom stereocenters. The lowest BCUT2D eigenvalue weighted by molar-refractivity contribution is -0.118. The molecular weight excluding hydrogens is 400 g/mol. The molecular formula is C22H24N4OS2. The number of hydrogen-bond donors (Lipinski definition) is 1. The van der Waals surface area contributed by atoms with Crippen molar-refractivity contribution in [2.45, 2.75) is 28.8 Å². The zero-order valence-electron chi connectivity index (χ0n) is 16.2. The van der Waals surface area contributed by atoms with Crippen LogP contribution in [0.5, 0.6) is 0 Å². The fourth-order valence-electron chi connectivity index (χ4n) is 2.68. The van der Waals surface area contributed by atoms with E-state index in [1.807, 2.05) is 47.0 Å². The summed E-state index contributed by atoms with van der Waals surface area (Å²) in [5.74, 6) is 1.91. The maximum absolute atomic E-state index is 12.2.